The van der Waals surface area contributed by atoms with Crippen LogP contribution in [0.1, 0.15) is 27.2 Å². The molecule has 0 atom stereocenters. The number of nitrogens with zero attached hydrogens (tertiary/aromatic N) is 2. The van der Waals surface area contributed by atoms with Gasteiger partial charge in [0, 0.05) is 18.2 Å². The van der Waals surface area contributed by atoms with Gasteiger partial charge in [0.2, 0.25) is 5.91 Å². The molecule has 2 heterocycles. The molecule has 0 aliphatic heterocycles. The second kappa shape index (κ2) is 6.07. The maximum Gasteiger partial charge on any atom is 0.226 e. The molecule has 1 N–H and O–H groups in total. The van der Waals surface area contributed by atoms with Gasteiger partial charge in [-0.25, -0.2) is 9.37 Å². The summed E-state index contributed by atoms with van der Waals surface area (Å²) < 4.78 is 15.1. The minimum Gasteiger partial charge on any atom is -0.309 e. The summed E-state index contributed by atoms with van der Waals surface area (Å²) in [5.41, 5.74) is 2.15. The Morgan fingerprint density at radius 3 is 2.54 bits per heavy atom. The van der Waals surface area contributed by atoms with Gasteiger partial charge in [0.15, 0.2) is 5.82 Å². The van der Waals surface area contributed by atoms with E-state index < -0.39 is 0 Å². The summed E-state index contributed by atoms with van der Waals surface area (Å²) in [5.74, 6) is 0.0993. The molecule has 4 nitrogen and oxygen atoms in total. The monoisotopic (exact) mass is 325 g/mol. The van der Waals surface area contributed by atoms with Crippen molar-refractivity contribution in [3.63, 3.8) is 0 Å². The Kier molecular flexibility index (Phi) is 4.09. The van der Waals surface area contributed by atoms with E-state index >= 15 is 0 Å². The fourth-order valence-electron chi connectivity index (χ4n) is 2.62. The average Bonchev–Trinajstić information content (AvgIpc) is 2.84. The van der Waals surface area contributed by atoms with Crippen LogP contribution in [0.4, 0.5) is 10.2 Å². The Labute approximate surface area is 140 Å². The van der Waals surface area contributed by atoms with Crippen LogP contribution in [0.25, 0.3) is 16.9 Å². The van der Waals surface area contributed by atoms with Crippen LogP contribution in [0.5, 0.6) is 0 Å². The predicted octanol–water partition coefficient (Wildman–Crippen LogP) is 4.52. The topological polar surface area (TPSA) is 46.4 Å². The first-order valence-electron chi connectivity index (χ1n) is 7.86. The van der Waals surface area contributed by atoms with Gasteiger partial charge in [-0.15, -0.1) is 0 Å². The third kappa shape index (κ3) is 3.45. The van der Waals surface area contributed by atoms with Crippen molar-refractivity contribution in [2.75, 3.05) is 5.32 Å². The highest BCUT2D eigenvalue weighted by Gasteiger charge is 2.20. The third-order valence-corrected chi connectivity index (χ3v) is 3.60. The minimum absolute atomic E-state index is 0.0886. The Morgan fingerprint density at radius 2 is 1.88 bits per heavy atom. The van der Waals surface area contributed by atoms with Crippen molar-refractivity contribution < 1.29 is 9.18 Å². The van der Waals surface area contributed by atoms with Crippen LogP contribution in [0, 0.1) is 11.2 Å². The molecule has 0 saturated carbocycles. The maximum absolute atomic E-state index is 13.2. The van der Waals surface area contributed by atoms with Gasteiger partial charge in [0.25, 0.3) is 0 Å². The van der Waals surface area contributed by atoms with Crippen molar-refractivity contribution in [1.82, 2.24) is 9.38 Å². The number of hydrogen-bond acceptors (Lipinski definition) is 2. The average molecular weight is 325 g/mol. The summed E-state index contributed by atoms with van der Waals surface area (Å²) in [7, 11) is 0. The first-order valence-corrected chi connectivity index (χ1v) is 7.86. The number of anilines is 1. The number of imidazole rings is 1. The highest BCUT2D eigenvalue weighted by Crippen LogP contribution is 2.30. The Morgan fingerprint density at radius 1 is 1.17 bits per heavy atom. The molecule has 3 rings (SSSR count). The summed E-state index contributed by atoms with van der Waals surface area (Å²) in [4.78, 5) is 16.8. The standard InChI is InChI=1S/C19H20FN3O/c1-19(2,3)12-16(24)22-18-17(13-7-9-14(20)10-8-13)23-11-5-4-6-15(23)21-18/h4-11H,12H2,1-3H3,(H,22,24). The van der Waals surface area contributed by atoms with Crippen LogP contribution in [-0.4, -0.2) is 15.3 Å². The van der Waals surface area contributed by atoms with Crippen molar-refractivity contribution >= 4 is 17.4 Å². The van der Waals surface area contributed by atoms with E-state index in [-0.39, 0.29) is 17.1 Å². The van der Waals surface area contributed by atoms with Crippen molar-refractivity contribution in [1.29, 1.82) is 0 Å². The molecule has 0 fully saturated rings. The van der Waals surface area contributed by atoms with E-state index in [9.17, 15) is 9.18 Å². The molecule has 2 aromatic heterocycles. The number of halogens is 1. The molecule has 3 aromatic rings. The van der Waals surface area contributed by atoms with E-state index in [4.69, 9.17) is 0 Å². The zero-order chi connectivity index (χ0) is 17.3. The van der Waals surface area contributed by atoms with E-state index in [0.29, 0.717) is 12.2 Å². The molecule has 5 heteroatoms. The number of aromatic nitrogens is 2. The van der Waals surface area contributed by atoms with Gasteiger partial charge in [0.1, 0.15) is 11.5 Å². The lowest BCUT2D eigenvalue weighted by Gasteiger charge is -2.17. The van der Waals surface area contributed by atoms with Crippen LogP contribution < -0.4 is 5.32 Å². The zero-order valence-corrected chi connectivity index (χ0v) is 14.0. The number of carbonyl (C=O) groups is 1. The summed E-state index contributed by atoms with van der Waals surface area (Å²) in [6, 6.07) is 11.8. The smallest absolute Gasteiger partial charge is 0.226 e. The number of rotatable bonds is 3. The Bertz CT molecular complexity index is 876. The lowest BCUT2D eigenvalue weighted by atomic mass is 9.92. The number of pyridine rings is 1. The normalized spacial score (nSPS) is 11.7. The molecule has 0 unspecified atom stereocenters. The van der Waals surface area contributed by atoms with Crippen LogP contribution >= 0.6 is 0 Å². The predicted molar refractivity (Wildman–Crippen MR) is 93.3 cm³/mol. The number of nitrogens with one attached hydrogen (secondary N) is 1. The Balaban J connectivity index is 2.05. The van der Waals surface area contributed by atoms with Crippen LogP contribution in [-0.2, 0) is 4.79 Å². The molecule has 0 radical (unpaired) electrons. The lowest BCUT2D eigenvalue weighted by molar-refractivity contribution is -0.117. The molecule has 0 aliphatic rings. The Hall–Kier alpha value is -2.69. The van der Waals surface area contributed by atoms with Gasteiger partial charge < -0.3 is 5.32 Å². The number of benzene rings is 1. The van der Waals surface area contributed by atoms with Gasteiger partial charge in [0.05, 0.1) is 5.69 Å². The van der Waals surface area contributed by atoms with Crippen molar-refractivity contribution in [3.05, 3.63) is 54.5 Å². The van der Waals surface area contributed by atoms with Gasteiger partial charge in [-0.1, -0.05) is 26.8 Å². The molecule has 1 aromatic carbocycles. The fourth-order valence-corrected chi connectivity index (χ4v) is 2.62. The molecule has 24 heavy (non-hydrogen) atoms. The molecule has 0 bridgehead atoms. The van der Waals surface area contributed by atoms with Gasteiger partial charge >= 0.3 is 0 Å². The first-order chi connectivity index (χ1) is 11.3. The number of amides is 1. The molecule has 1 amide bonds. The summed E-state index contributed by atoms with van der Waals surface area (Å²) in [6.07, 6.45) is 2.27. The van der Waals surface area contributed by atoms with Crippen LogP contribution in [0.15, 0.2) is 48.7 Å². The lowest BCUT2D eigenvalue weighted by Crippen LogP contribution is -2.20. The zero-order valence-electron chi connectivity index (χ0n) is 14.0. The van der Waals surface area contributed by atoms with Gasteiger partial charge in [-0.05, 0) is 41.8 Å². The molecule has 124 valence electrons. The minimum atomic E-state index is -0.300. The van der Waals surface area contributed by atoms with Crippen LogP contribution in [0.2, 0.25) is 0 Å². The molecular weight excluding hydrogens is 305 g/mol. The summed E-state index contributed by atoms with van der Waals surface area (Å²) >= 11 is 0. The maximum atomic E-state index is 13.2. The fraction of sp³-hybridized carbons (Fsp3) is 0.263. The summed E-state index contributed by atoms with van der Waals surface area (Å²) in [6.45, 7) is 6.03. The largest absolute Gasteiger partial charge is 0.309 e. The third-order valence-electron chi connectivity index (χ3n) is 3.60. The van der Waals surface area contributed by atoms with Crippen molar-refractivity contribution in [2.24, 2.45) is 5.41 Å². The van der Waals surface area contributed by atoms with E-state index in [1.165, 1.54) is 12.1 Å². The van der Waals surface area contributed by atoms with Crippen molar-refractivity contribution in [2.45, 2.75) is 27.2 Å². The quantitative estimate of drug-likeness (QED) is 0.770. The SMILES string of the molecule is CC(C)(C)CC(=O)Nc1nc2ccccn2c1-c1ccc(F)cc1. The van der Waals surface area contributed by atoms with E-state index in [1.54, 1.807) is 12.1 Å². The van der Waals surface area contributed by atoms with Gasteiger partial charge in [-0.3, -0.25) is 9.20 Å². The molecule has 0 aliphatic carbocycles. The highest BCUT2D eigenvalue weighted by atomic mass is 19.1. The van der Waals surface area contributed by atoms with E-state index in [2.05, 4.69) is 10.3 Å². The molecule has 0 saturated heterocycles. The second-order valence-electron chi connectivity index (χ2n) is 7.03. The van der Waals surface area contributed by atoms with Crippen LogP contribution in [0.3, 0.4) is 0 Å². The number of carbonyl (C=O) groups excluding carboxylic acids is 1. The number of fused-ring (bicyclic) bond motifs is 1. The van der Waals surface area contributed by atoms with Crippen molar-refractivity contribution in [3.8, 4) is 11.3 Å². The molecule has 0 spiro atoms. The second-order valence-corrected chi connectivity index (χ2v) is 7.03. The van der Waals surface area contributed by atoms with E-state index in [1.807, 2.05) is 49.6 Å². The van der Waals surface area contributed by atoms with E-state index in [0.717, 1.165) is 16.9 Å². The molecular formula is C19H20FN3O. The summed E-state index contributed by atoms with van der Waals surface area (Å²) in [5, 5.41) is 2.90. The number of hydrogen-bond donors (Lipinski definition) is 1. The highest BCUT2D eigenvalue weighted by molar-refractivity contribution is 5.94. The first kappa shape index (κ1) is 16.2. The van der Waals surface area contributed by atoms with Gasteiger partial charge in [-0.2, -0.15) is 0 Å².